The number of aromatic amines is 1. The van der Waals surface area contributed by atoms with Gasteiger partial charge < -0.3 is 10.3 Å². The molecule has 0 unspecified atom stereocenters. The number of carbonyl (C=O) groups excluding carboxylic acids is 1. The van der Waals surface area contributed by atoms with E-state index in [9.17, 15) is 4.79 Å². The molecule has 0 saturated carbocycles. The number of para-hydroxylation sites is 1. The number of aromatic nitrogens is 1. The number of hydrogen-bond donors (Lipinski definition) is 2. The van der Waals surface area contributed by atoms with Gasteiger partial charge in [0, 0.05) is 21.5 Å². The van der Waals surface area contributed by atoms with Gasteiger partial charge in [0.15, 0.2) is 0 Å². The van der Waals surface area contributed by atoms with Crippen LogP contribution in [0.15, 0.2) is 57.9 Å². The summed E-state index contributed by atoms with van der Waals surface area (Å²) < 4.78 is 0.789. The first kappa shape index (κ1) is 14.2. The highest BCUT2D eigenvalue weighted by Gasteiger charge is 2.15. The van der Waals surface area contributed by atoms with Crippen molar-refractivity contribution >= 4 is 50.2 Å². The first-order valence-corrected chi connectivity index (χ1v) is 8.42. The predicted molar refractivity (Wildman–Crippen MR) is 92.2 cm³/mol. The molecule has 0 atom stereocenters. The summed E-state index contributed by atoms with van der Waals surface area (Å²) >= 11 is 5.14. The van der Waals surface area contributed by atoms with Crippen LogP contribution in [0.2, 0.25) is 0 Å². The minimum absolute atomic E-state index is 0.156. The van der Waals surface area contributed by atoms with Crippen LogP contribution in [0.25, 0.3) is 10.9 Å². The summed E-state index contributed by atoms with van der Waals surface area (Å²) in [5, 5.41) is 3.92. The molecule has 0 aliphatic carbocycles. The Balaban J connectivity index is 1.91. The van der Waals surface area contributed by atoms with Crippen LogP contribution >= 0.6 is 27.7 Å². The Bertz CT molecular complexity index is 813. The lowest BCUT2D eigenvalue weighted by molar-refractivity contribution is 0.102. The fourth-order valence-electron chi connectivity index (χ4n) is 2.16. The van der Waals surface area contributed by atoms with E-state index in [0.29, 0.717) is 5.69 Å². The second-order valence-corrected chi connectivity index (χ2v) is 6.22. The second kappa shape index (κ2) is 5.95. The molecule has 2 N–H and O–H groups in total. The lowest BCUT2D eigenvalue weighted by Gasteiger charge is -2.05. The lowest BCUT2D eigenvalue weighted by Crippen LogP contribution is -2.12. The van der Waals surface area contributed by atoms with Gasteiger partial charge in [0.05, 0.1) is 4.47 Å². The van der Waals surface area contributed by atoms with Crippen LogP contribution in [0, 0.1) is 0 Å². The van der Waals surface area contributed by atoms with Crippen molar-refractivity contribution in [1.82, 2.24) is 4.98 Å². The number of thioether (sulfide) groups is 1. The number of rotatable bonds is 3. The van der Waals surface area contributed by atoms with Crippen LogP contribution in [0.5, 0.6) is 0 Å². The summed E-state index contributed by atoms with van der Waals surface area (Å²) in [5.74, 6) is -0.156. The maximum absolute atomic E-state index is 12.4. The molecule has 0 radical (unpaired) electrons. The zero-order valence-corrected chi connectivity index (χ0v) is 13.7. The Hall–Kier alpha value is -1.72. The zero-order valence-electron chi connectivity index (χ0n) is 11.3. The molecule has 2 aromatic carbocycles. The number of nitrogens with one attached hydrogen (secondary N) is 2. The average molecular weight is 361 g/mol. The first-order valence-electron chi connectivity index (χ1n) is 6.40. The summed E-state index contributed by atoms with van der Waals surface area (Å²) in [7, 11) is 0. The molecule has 0 aliphatic rings. The molecule has 1 aromatic heterocycles. The molecule has 0 spiro atoms. The minimum atomic E-state index is -0.156. The van der Waals surface area contributed by atoms with Crippen molar-refractivity contribution in [3.63, 3.8) is 0 Å². The highest BCUT2D eigenvalue weighted by molar-refractivity contribution is 9.10. The number of benzene rings is 2. The molecule has 1 heterocycles. The van der Waals surface area contributed by atoms with Crippen LogP contribution in [0.4, 0.5) is 5.69 Å². The first-order chi connectivity index (χ1) is 10.2. The predicted octanol–water partition coefficient (Wildman–Crippen LogP) is 4.90. The summed E-state index contributed by atoms with van der Waals surface area (Å²) in [5.41, 5.74) is 2.26. The van der Waals surface area contributed by atoms with E-state index >= 15 is 0 Å². The van der Waals surface area contributed by atoms with Gasteiger partial charge in [0.1, 0.15) is 5.69 Å². The van der Waals surface area contributed by atoms with E-state index in [-0.39, 0.29) is 5.91 Å². The topological polar surface area (TPSA) is 44.9 Å². The Morgan fingerprint density at radius 1 is 1.19 bits per heavy atom. The average Bonchev–Trinajstić information content (AvgIpc) is 2.85. The Kier molecular flexibility index (Phi) is 4.03. The maximum atomic E-state index is 12.4. The highest BCUT2D eigenvalue weighted by Crippen LogP contribution is 2.28. The number of H-pyrrole nitrogens is 1. The molecule has 3 aromatic rings. The molecular formula is C16H13BrN2OS. The van der Waals surface area contributed by atoms with E-state index in [2.05, 4.69) is 26.2 Å². The fourth-order valence-corrected chi connectivity index (χ4v) is 3.24. The molecule has 21 heavy (non-hydrogen) atoms. The number of amides is 1. The minimum Gasteiger partial charge on any atom is -0.350 e. The molecule has 0 saturated heterocycles. The monoisotopic (exact) mass is 360 g/mol. The fraction of sp³-hybridized carbons (Fsp3) is 0.0625. The second-order valence-electron chi connectivity index (χ2n) is 4.55. The van der Waals surface area contributed by atoms with E-state index in [4.69, 9.17) is 0 Å². The van der Waals surface area contributed by atoms with Crippen molar-refractivity contribution in [1.29, 1.82) is 0 Å². The third-order valence-corrected chi connectivity index (χ3v) is 4.75. The van der Waals surface area contributed by atoms with Gasteiger partial charge in [-0.15, -0.1) is 11.8 Å². The SMILES string of the molecule is CSc1cccc(NC(=O)c2[nH]c3ccccc3c2Br)c1. The third kappa shape index (κ3) is 2.84. The van der Waals surface area contributed by atoms with Crippen molar-refractivity contribution in [2.24, 2.45) is 0 Å². The van der Waals surface area contributed by atoms with E-state index in [1.165, 1.54) is 0 Å². The smallest absolute Gasteiger partial charge is 0.273 e. The van der Waals surface area contributed by atoms with Crippen LogP contribution in [-0.4, -0.2) is 17.1 Å². The Morgan fingerprint density at radius 2 is 2.00 bits per heavy atom. The van der Waals surface area contributed by atoms with Gasteiger partial charge >= 0.3 is 0 Å². The normalized spacial score (nSPS) is 10.8. The number of halogens is 1. The quantitative estimate of drug-likeness (QED) is 0.652. The summed E-state index contributed by atoms with van der Waals surface area (Å²) in [6.45, 7) is 0. The highest BCUT2D eigenvalue weighted by atomic mass is 79.9. The standard InChI is InChI=1S/C16H13BrN2OS/c1-21-11-6-4-5-10(9-11)18-16(20)15-14(17)12-7-2-3-8-13(12)19-15/h2-9,19H,1H3,(H,18,20). The molecule has 5 heteroatoms. The molecule has 0 bridgehead atoms. The van der Waals surface area contributed by atoms with E-state index < -0.39 is 0 Å². The van der Waals surface area contributed by atoms with Crippen LogP contribution in [-0.2, 0) is 0 Å². The van der Waals surface area contributed by atoms with E-state index in [1.807, 2.05) is 54.8 Å². The van der Waals surface area contributed by atoms with E-state index in [0.717, 1.165) is 26.0 Å². The molecule has 1 amide bonds. The van der Waals surface area contributed by atoms with Gasteiger partial charge in [-0.3, -0.25) is 4.79 Å². The molecule has 0 aliphatic heterocycles. The number of carbonyl (C=O) groups is 1. The van der Waals surface area contributed by atoms with Gasteiger partial charge in [0.2, 0.25) is 0 Å². The largest absolute Gasteiger partial charge is 0.350 e. The summed E-state index contributed by atoms with van der Waals surface area (Å²) in [4.78, 5) is 16.7. The van der Waals surface area contributed by atoms with Crippen LogP contribution in [0.1, 0.15) is 10.5 Å². The Morgan fingerprint density at radius 3 is 2.76 bits per heavy atom. The number of fused-ring (bicyclic) bond motifs is 1. The molecular weight excluding hydrogens is 348 g/mol. The maximum Gasteiger partial charge on any atom is 0.273 e. The number of hydrogen-bond acceptors (Lipinski definition) is 2. The van der Waals surface area contributed by atoms with Crippen molar-refractivity contribution in [3.05, 3.63) is 58.7 Å². The van der Waals surface area contributed by atoms with Crippen LogP contribution in [0.3, 0.4) is 0 Å². The van der Waals surface area contributed by atoms with Gasteiger partial charge in [-0.05, 0) is 46.5 Å². The van der Waals surface area contributed by atoms with Crippen molar-refractivity contribution in [2.75, 3.05) is 11.6 Å². The van der Waals surface area contributed by atoms with Gasteiger partial charge in [-0.25, -0.2) is 0 Å². The Labute approximate surface area is 135 Å². The van der Waals surface area contributed by atoms with Gasteiger partial charge in [-0.1, -0.05) is 24.3 Å². The van der Waals surface area contributed by atoms with Gasteiger partial charge in [-0.2, -0.15) is 0 Å². The molecule has 106 valence electrons. The third-order valence-electron chi connectivity index (χ3n) is 3.20. The molecule has 3 nitrogen and oxygen atoms in total. The summed E-state index contributed by atoms with van der Waals surface area (Å²) in [6.07, 6.45) is 2.01. The van der Waals surface area contributed by atoms with Gasteiger partial charge in [0.25, 0.3) is 5.91 Å². The molecule has 0 fully saturated rings. The van der Waals surface area contributed by atoms with Crippen molar-refractivity contribution < 1.29 is 4.79 Å². The van der Waals surface area contributed by atoms with Crippen molar-refractivity contribution in [3.8, 4) is 0 Å². The lowest BCUT2D eigenvalue weighted by atomic mass is 10.2. The van der Waals surface area contributed by atoms with Crippen LogP contribution < -0.4 is 5.32 Å². The van der Waals surface area contributed by atoms with E-state index in [1.54, 1.807) is 11.8 Å². The number of anilines is 1. The van der Waals surface area contributed by atoms with Crippen molar-refractivity contribution in [2.45, 2.75) is 4.90 Å². The molecule has 3 rings (SSSR count). The summed E-state index contributed by atoms with van der Waals surface area (Å²) in [6, 6.07) is 15.6. The zero-order chi connectivity index (χ0) is 14.8.